The zero-order valence-electron chi connectivity index (χ0n) is 10.6. The van der Waals surface area contributed by atoms with Gasteiger partial charge in [0.15, 0.2) is 0 Å². The van der Waals surface area contributed by atoms with E-state index in [4.69, 9.17) is 9.47 Å². The Kier molecular flexibility index (Phi) is 2.55. The first-order valence-electron chi connectivity index (χ1n) is 6.63. The number of fused-ring (bicyclic) bond motifs is 1. The summed E-state index contributed by atoms with van der Waals surface area (Å²) in [6.07, 6.45) is 1.95. The molecule has 0 unspecified atom stereocenters. The van der Waals surface area contributed by atoms with Gasteiger partial charge >= 0.3 is 0 Å². The van der Waals surface area contributed by atoms with Crippen LogP contribution in [-0.2, 0) is 9.47 Å². The smallest absolute Gasteiger partial charge is 0.0895 e. The average molecular weight is 256 g/mol. The Morgan fingerprint density at radius 1 is 1.16 bits per heavy atom. The van der Waals surface area contributed by atoms with Crippen molar-refractivity contribution in [2.75, 3.05) is 26.4 Å². The molecule has 1 N–H and O–H groups in total. The lowest BCUT2D eigenvalue weighted by atomic mass is 9.93. The fourth-order valence-electron chi connectivity index (χ4n) is 2.80. The van der Waals surface area contributed by atoms with Crippen LogP contribution in [0, 0.1) is 0 Å². The zero-order valence-corrected chi connectivity index (χ0v) is 10.6. The van der Waals surface area contributed by atoms with E-state index >= 15 is 0 Å². The summed E-state index contributed by atoms with van der Waals surface area (Å²) in [5, 5.41) is 4.83. The van der Waals surface area contributed by atoms with Crippen molar-refractivity contribution in [2.45, 2.75) is 11.6 Å². The minimum Gasteiger partial charge on any atom is -0.377 e. The number of morpholine rings is 1. The van der Waals surface area contributed by atoms with Crippen molar-refractivity contribution < 1.29 is 9.47 Å². The van der Waals surface area contributed by atoms with Crippen LogP contribution < -0.4 is 5.32 Å². The van der Waals surface area contributed by atoms with Gasteiger partial charge in [-0.05, 0) is 17.7 Å². The van der Waals surface area contributed by atoms with Crippen molar-refractivity contribution in [2.24, 2.45) is 0 Å². The van der Waals surface area contributed by atoms with Gasteiger partial charge in [0.1, 0.15) is 0 Å². The SMILES string of the molecule is c1ccc2ncc([C@H]3COCC4(COC4)N3)cc2c1. The van der Waals surface area contributed by atoms with E-state index in [9.17, 15) is 0 Å². The number of rotatable bonds is 1. The summed E-state index contributed by atoms with van der Waals surface area (Å²) < 4.78 is 11.0. The number of hydrogen-bond acceptors (Lipinski definition) is 4. The third kappa shape index (κ3) is 1.92. The van der Waals surface area contributed by atoms with Gasteiger partial charge in [0.2, 0.25) is 0 Å². The molecule has 2 aliphatic heterocycles. The van der Waals surface area contributed by atoms with E-state index in [-0.39, 0.29) is 11.6 Å². The van der Waals surface area contributed by atoms with Crippen molar-refractivity contribution >= 4 is 10.9 Å². The normalized spacial score (nSPS) is 25.4. The lowest BCUT2D eigenvalue weighted by Gasteiger charge is -2.47. The Hall–Kier alpha value is -1.49. The molecule has 2 aliphatic rings. The van der Waals surface area contributed by atoms with Gasteiger partial charge < -0.3 is 9.47 Å². The second kappa shape index (κ2) is 4.27. The largest absolute Gasteiger partial charge is 0.377 e. The van der Waals surface area contributed by atoms with Crippen LogP contribution in [0.2, 0.25) is 0 Å². The van der Waals surface area contributed by atoms with Gasteiger partial charge in [0.05, 0.1) is 43.5 Å². The maximum atomic E-state index is 5.74. The molecule has 2 aromatic rings. The Balaban J connectivity index is 1.66. The van der Waals surface area contributed by atoms with Crippen LogP contribution >= 0.6 is 0 Å². The molecule has 4 nitrogen and oxygen atoms in total. The summed E-state index contributed by atoms with van der Waals surface area (Å²) in [6.45, 7) is 2.92. The van der Waals surface area contributed by atoms with Crippen molar-refractivity contribution in [1.29, 1.82) is 0 Å². The number of pyridine rings is 1. The molecular weight excluding hydrogens is 240 g/mol. The van der Waals surface area contributed by atoms with Crippen molar-refractivity contribution in [1.82, 2.24) is 10.3 Å². The molecule has 4 heteroatoms. The predicted molar refractivity (Wildman–Crippen MR) is 72.0 cm³/mol. The topological polar surface area (TPSA) is 43.4 Å². The highest BCUT2D eigenvalue weighted by Gasteiger charge is 2.43. The van der Waals surface area contributed by atoms with Crippen molar-refractivity contribution in [3.05, 3.63) is 42.1 Å². The fourth-order valence-corrected chi connectivity index (χ4v) is 2.80. The summed E-state index contributed by atoms with van der Waals surface area (Å²) in [4.78, 5) is 4.52. The van der Waals surface area contributed by atoms with E-state index in [1.807, 2.05) is 24.4 Å². The number of hydrogen-bond donors (Lipinski definition) is 1. The van der Waals surface area contributed by atoms with Crippen LogP contribution in [0.15, 0.2) is 36.5 Å². The third-order valence-electron chi connectivity index (χ3n) is 3.91. The summed E-state index contributed by atoms with van der Waals surface area (Å²) in [6, 6.07) is 10.6. The minimum absolute atomic E-state index is 0.0224. The van der Waals surface area contributed by atoms with E-state index in [1.54, 1.807) is 0 Å². The van der Waals surface area contributed by atoms with E-state index in [0.29, 0.717) is 6.61 Å². The zero-order chi connectivity index (χ0) is 12.7. The maximum absolute atomic E-state index is 5.74. The minimum atomic E-state index is 0.0224. The molecule has 0 aliphatic carbocycles. The predicted octanol–water partition coefficient (Wildman–Crippen LogP) is 1.66. The molecule has 2 saturated heterocycles. The summed E-state index contributed by atoms with van der Waals surface area (Å²) >= 11 is 0. The number of nitrogens with zero attached hydrogens (tertiary/aromatic N) is 1. The third-order valence-corrected chi connectivity index (χ3v) is 3.91. The molecule has 3 heterocycles. The van der Waals surface area contributed by atoms with Crippen LogP contribution in [0.4, 0.5) is 0 Å². The quantitative estimate of drug-likeness (QED) is 0.843. The Labute approximate surface area is 111 Å². The highest BCUT2D eigenvalue weighted by atomic mass is 16.5. The van der Waals surface area contributed by atoms with Crippen LogP contribution in [-0.4, -0.2) is 37.0 Å². The summed E-state index contributed by atoms with van der Waals surface area (Å²) in [5.74, 6) is 0. The summed E-state index contributed by atoms with van der Waals surface area (Å²) in [5.41, 5.74) is 2.24. The second-order valence-electron chi connectivity index (χ2n) is 5.45. The monoisotopic (exact) mass is 256 g/mol. The van der Waals surface area contributed by atoms with Crippen LogP contribution in [0.25, 0.3) is 10.9 Å². The molecule has 19 heavy (non-hydrogen) atoms. The molecule has 1 atom stereocenters. The van der Waals surface area contributed by atoms with Gasteiger partial charge in [-0.25, -0.2) is 0 Å². The Bertz CT molecular complexity index is 610. The van der Waals surface area contributed by atoms with Gasteiger partial charge in [0, 0.05) is 11.6 Å². The maximum Gasteiger partial charge on any atom is 0.0895 e. The number of benzene rings is 1. The number of nitrogens with one attached hydrogen (secondary N) is 1. The second-order valence-corrected chi connectivity index (χ2v) is 5.45. The van der Waals surface area contributed by atoms with Crippen LogP contribution in [0.3, 0.4) is 0 Å². The van der Waals surface area contributed by atoms with Gasteiger partial charge in [0.25, 0.3) is 0 Å². The van der Waals surface area contributed by atoms with E-state index in [0.717, 1.165) is 25.3 Å². The molecule has 4 rings (SSSR count). The highest BCUT2D eigenvalue weighted by molar-refractivity contribution is 5.78. The van der Waals surface area contributed by atoms with Gasteiger partial charge in [-0.1, -0.05) is 18.2 Å². The Morgan fingerprint density at radius 2 is 2.00 bits per heavy atom. The first kappa shape index (κ1) is 11.3. The molecule has 0 bridgehead atoms. The molecule has 0 radical (unpaired) electrons. The molecule has 1 spiro atoms. The molecule has 1 aromatic heterocycles. The lowest BCUT2D eigenvalue weighted by Crippen LogP contribution is -2.67. The van der Waals surface area contributed by atoms with Gasteiger partial charge in [-0.2, -0.15) is 0 Å². The first-order chi connectivity index (χ1) is 9.35. The van der Waals surface area contributed by atoms with Gasteiger partial charge in [-0.15, -0.1) is 0 Å². The van der Waals surface area contributed by atoms with Crippen LogP contribution in [0.1, 0.15) is 11.6 Å². The van der Waals surface area contributed by atoms with E-state index in [1.165, 1.54) is 10.9 Å². The Morgan fingerprint density at radius 3 is 2.84 bits per heavy atom. The molecular formula is C15H16N2O2. The molecule has 0 saturated carbocycles. The molecule has 1 aromatic carbocycles. The van der Waals surface area contributed by atoms with Crippen molar-refractivity contribution in [3.63, 3.8) is 0 Å². The van der Waals surface area contributed by atoms with Crippen LogP contribution in [0.5, 0.6) is 0 Å². The number of aromatic nitrogens is 1. The molecule has 2 fully saturated rings. The highest BCUT2D eigenvalue weighted by Crippen LogP contribution is 2.28. The first-order valence-corrected chi connectivity index (χ1v) is 6.63. The lowest BCUT2D eigenvalue weighted by molar-refractivity contribution is -0.143. The van der Waals surface area contributed by atoms with Gasteiger partial charge in [-0.3, -0.25) is 10.3 Å². The number of ether oxygens (including phenoxy) is 2. The molecule has 0 amide bonds. The van der Waals surface area contributed by atoms with Crippen molar-refractivity contribution in [3.8, 4) is 0 Å². The molecule has 98 valence electrons. The average Bonchev–Trinajstić information content (AvgIpc) is 2.45. The van der Waals surface area contributed by atoms with E-state index in [2.05, 4.69) is 22.4 Å². The fraction of sp³-hybridized carbons (Fsp3) is 0.400. The summed E-state index contributed by atoms with van der Waals surface area (Å²) in [7, 11) is 0. The van der Waals surface area contributed by atoms with E-state index < -0.39 is 0 Å². The standard InChI is InChI=1S/C15H16N2O2/c1-2-4-13-11(3-1)5-12(6-16-13)14-7-18-8-15(17-14)9-19-10-15/h1-6,14,17H,7-10H2/t14-/m1/s1. The number of para-hydroxylation sites is 1.